The fraction of sp³-hybridized carbons (Fsp3) is 0. The Morgan fingerprint density at radius 3 is 0.923 bits per heavy atom. The summed E-state index contributed by atoms with van der Waals surface area (Å²) in [5.41, 5.74) is 0. The standard InChI is InChI=1S/C18H15P.2CO.2ClH.Ru/c1-4-10-16(11-5-1)19(17-12-6-2-7-13-17)18-14-8-3-9-15-18;2*1-2;;;/h1-15H;;;2*1H;/q;;;;;+2/p-1. The molecule has 2 nitrogen and oxygen atoms in total. The molecule has 0 fully saturated rings. The Morgan fingerprint density at radius 1 is 0.538 bits per heavy atom. The Kier molecular flexibility index (Phi) is 16.4. The molecule has 3 aromatic rings. The fourth-order valence-electron chi connectivity index (χ4n) is 2.31. The van der Waals surface area contributed by atoms with Crippen molar-refractivity contribution in [3.63, 3.8) is 0 Å². The van der Waals surface area contributed by atoms with Crippen LogP contribution in [-0.2, 0) is 24.4 Å². The number of hydrogen-bond acceptors (Lipinski definition) is 0. The maximum atomic E-state index is 7.50. The van der Waals surface area contributed by atoms with Crippen molar-refractivity contribution in [2.24, 2.45) is 0 Å². The Labute approximate surface area is 171 Å². The summed E-state index contributed by atoms with van der Waals surface area (Å²) in [6, 6.07) is 32.5. The van der Waals surface area contributed by atoms with Gasteiger partial charge in [-0.3, -0.25) is 0 Å². The van der Waals surface area contributed by atoms with Crippen molar-refractivity contribution in [2.45, 2.75) is 0 Å². The monoisotopic (exact) mass is 491 g/mol. The zero-order valence-electron chi connectivity index (χ0n) is 13.6. The molecule has 0 amide bonds. The second kappa shape index (κ2) is 17.2. The number of benzene rings is 3. The van der Waals surface area contributed by atoms with E-state index < -0.39 is 7.92 Å². The molecule has 0 radical (unpaired) electrons. The van der Waals surface area contributed by atoms with Crippen molar-refractivity contribution >= 4 is 43.2 Å². The van der Waals surface area contributed by atoms with Crippen LogP contribution in [0.1, 0.15) is 0 Å². The molecule has 26 heavy (non-hydrogen) atoms. The van der Waals surface area contributed by atoms with Crippen LogP contribution in [0.4, 0.5) is 0 Å². The second-order valence-corrected chi connectivity index (χ2v) is 9.64. The van der Waals surface area contributed by atoms with Gasteiger partial charge in [0.2, 0.25) is 0 Å². The molecule has 0 bridgehead atoms. The topological polar surface area (TPSA) is 39.8 Å². The molecular weight excluding hydrogens is 475 g/mol. The number of hydrogen-bond donors (Lipinski definition) is 0. The first-order chi connectivity index (χ1) is 12.9. The molecule has 134 valence electrons. The summed E-state index contributed by atoms with van der Waals surface area (Å²) >= 11 is -0.346. The molecule has 0 saturated carbocycles. The van der Waals surface area contributed by atoms with Gasteiger partial charge >= 0.3 is 57.1 Å². The molecule has 0 aliphatic heterocycles. The maximum Gasteiger partial charge on any atom is 0.102 e. The van der Waals surface area contributed by atoms with Crippen LogP contribution in [0.2, 0.25) is 0 Å². The number of rotatable bonds is 3. The van der Waals surface area contributed by atoms with E-state index >= 15 is 0 Å². The smallest absolute Gasteiger partial charge is 0.0620 e. The molecule has 6 heteroatoms. The minimum Gasteiger partial charge on any atom is -0.0620 e. The van der Waals surface area contributed by atoms with Gasteiger partial charge in [-0.1, -0.05) is 54.6 Å². The van der Waals surface area contributed by atoms with Crippen molar-refractivity contribution in [3.8, 4) is 0 Å². The van der Waals surface area contributed by atoms with E-state index in [-0.39, 0.29) is 15.1 Å². The van der Waals surface area contributed by atoms with Gasteiger partial charge in [-0.25, -0.2) is 0 Å². The Morgan fingerprint density at radius 2 is 0.731 bits per heavy atom. The van der Waals surface area contributed by atoms with Crippen LogP contribution in [-0.4, -0.2) is 0 Å². The maximum absolute atomic E-state index is 7.50. The molecule has 0 heterocycles. The zero-order chi connectivity index (χ0) is 19.6. The van der Waals surface area contributed by atoms with Gasteiger partial charge in [-0.2, -0.15) is 0 Å². The van der Waals surface area contributed by atoms with Crippen LogP contribution >= 0.6 is 27.3 Å². The van der Waals surface area contributed by atoms with Crippen molar-refractivity contribution < 1.29 is 24.4 Å². The molecule has 3 aromatic carbocycles. The predicted octanol–water partition coefficient (Wildman–Crippen LogP) is 4.48. The molecule has 0 aliphatic rings. The first-order valence-corrected chi connectivity index (χ1v) is 13.1. The van der Waals surface area contributed by atoms with E-state index in [1.54, 1.807) is 0 Å². The average molecular weight is 491 g/mol. The molecule has 0 saturated heterocycles. The molecule has 0 spiro atoms. The van der Waals surface area contributed by atoms with E-state index in [0.29, 0.717) is 0 Å². The van der Waals surface area contributed by atoms with Gasteiger partial charge in [-0.15, -0.1) is 0 Å². The Hall–Kier alpha value is -1.23. The summed E-state index contributed by atoms with van der Waals surface area (Å²) in [7, 11) is 8.83. The fourth-order valence-corrected chi connectivity index (χ4v) is 4.89. The minimum absolute atomic E-state index is 0.346. The van der Waals surface area contributed by atoms with Crippen molar-refractivity contribution in [1.82, 2.24) is 0 Å². The zero-order valence-corrected chi connectivity index (χ0v) is 17.8. The minimum atomic E-state index is -0.877. The van der Waals surface area contributed by atoms with E-state index in [4.69, 9.17) is 28.7 Å². The molecule has 0 atom stereocenters. The van der Waals surface area contributed by atoms with E-state index in [1.807, 2.05) is 0 Å². The Bertz CT molecular complexity index is 638. The van der Waals surface area contributed by atoms with Gasteiger partial charge < -0.3 is 0 Å². The molecule has 3 rings (SSSR count). The van der Waals surface area contributed by atoms with Crippen molar-refractivity contribution in [1.29, 1.82) is 0 Å². The Balaban J connectivity index is 0.000000793. The largest absolute Gasteiger partial charge is 0.102 e. The molecule has 0 aromatic heterocycles. The first kappa shape index (κ1) is 24.8. The van der Waals surface area contributed by atoms with Gasteiger partial charge in [0.05, 0.1) is 7.92 Å². The van der Waals surface area contributed by atoms with Crippen LogP contribution < -0.4 is 15.9 Å². The SMILES string of the molecule is [C-]#[O+].[C-]#[O+].[Cl][Ru][Cl].c1ccc([PH+](c2ccccc2)c2ccccc2)cc1. The van der Waals surface area contributed by atoms with E-state index in [1.165, 1.54) is 15.9 Å². The van der Waals surface area contributed by atoms with Crippen LogP contribution in [0.5, 0.6) is 0 Å². The molecule has 0 aliphatic carbocycles. The summed E-state index contributed by atoms with van der Waals surface area (Å²) in [6.45, 7) is 9.00. The third-order valence-electron chi connectivity index (χ3n) is 3.19. The second-order valence-electron chi connectivity index (χ2n) is 4.52. The summed E-state index contributed by atoms with van der Waals surface area (Å²) in [5.74, 6) is 0. The molecule has 0 unspecified atom stereocenters. The van der Waals surface area contributed by atoms with Gasteiger partial charge in [0, 0.05) is 0 Å². The van der Waals surface area contributed by atoms with Crippen molar-refractivity contribution in [3.05, 3.63) is 104 Å². The van der Waals surface area contributed by atoms with E-state index in [2.05, 4.69) is 104 Å². The molecular formula is C20H16Cl2O2PRu+. The van der Waals surface area contributed by atoms with E-state index in [0.717, 1.165) is 0 Å². The van der Waals surface area contributed by atoms with Gasteiger partial charge in [-0.05, 0) is 36.4 Å². The van der Waals surface area contributed by atoms with Gasteiger partial charge in [0.1, 0.15) is 15.9 Å². The quantitative estimate of drug-likeness (QED) is 0.225. The number of halogens is 2. The van der Waals surface area contributed by atoms with Gasteiger partial charge in [0.25, 0.3) is 0 Å². The summed E-state index contributed by atoms with van der Waals surface area (Å²) in [5, 5.41) is 4.31. The van der Waals surface area contributed by atoms with E-state index in [9.17, 15) is 0 Å². The average Bonchev–Trinajstić information content (AvgIpc) is 2.74. The normalized spacial score (nSPS) is 8.73. The first-order valence-electron chi connectivity index (χ1n) is 7.16. The summed E-state index contributed by atoms with van der Waals surface area (Å²) in [6.07, 6.45) is 0. The predicted molar refractivity (Wildman–Crippen MR) is 106 cm³/mol. The molecule has 0 N–H and O–H groups in total. The third kappa shape index (κ3) is 8.93. The van der Waals surface area contributed by atoms with Gasteiger partial charge in [0.15, 0.2) is 0 Å². The van der Waals surface area contributed by atoms with Crippen LogP contribution in [0, 0.1) is 13.3 Å². The third-order valence-corrected chi connectivity index (χ3v) is 5.92. The van der Waals surface area contributed by atoms with Crippen LogP contribution in [0.3, 0.4) is 0 Å². The summed E-state index contributed by atoms with van der Waals surface area (Å²) < 4.78 is 15.0. The summed E-state index contributed by atoms with van der Waals surface area (Å²) in [4.78, 5) is 0. The van der Waals surface area contributed by atoms with Crippen LogP contribution in [0.15, 0.2) is 91.0 Å². The van der Waals surface area contributed by atoms with Crippen LogP contribution in [0.25, 0.3) is 0 Å². The van der Waals surface area contributed by atoms with Crippen molar-refractivity contribution in [2.75, 3.05) is 0 Å².